The molecular formula is C27H24FN2O2S+. The highest BCUT2D eigenvalue weighted by Crippen LogP contribution is 2.35. The topological polar surface area (TPSA) is 50.4 Å². The summed E-state index contributed by atoms with van der Waals surface area (Å²) >= 11 is 1.03. The smallest absolute Gasteiger partial charge is 0.228 e. The number of ether oxygens (including phenoxy) is 1. The maximum atomic E-state index is 13.7. The van der Waals surface area contributed by atoms with E-state index in [1.165, 1.54) is 12.1 Å². The molecule has 0 unspecified atom stereocenters. The third kappa shape index (κ3) is 6.22. The van der Waals surface area contributed by atoms with Gasteiger partial charge in [-0.15, -0.1) is 4.72 Å². The van der Waals surface area contributed by atoms with Gasteiger partial charge in [0.1, 0.15) is 17.3 Å². The summed E-state index contributed by atoms with van der Waals surface area (Å²) in [5.41, 5.74) is 3.34. The molecule has 0 aliphatic carbocycles. The summed E-state index contributed by atoms with van der Waals surface area (Å²) in [7, 11) is 1.89. The second-order valence-electron chi connectivity index (χ2n) is 7.36. The number of hydrogen-bond acceptors (Lipinski definition) is 3. The van der Waals surface area contributed by atoms with Gasteiger partial charge in [-0.05, 0) is 47.5 Å². The lowest BCUT2D eigenvalue weighted by Crippen LogP contribution is -2.14. The molecule has 0 fully saturated rings. The fourth-order valence-electron chi connectivity index (χ4n) is 3.41. The van der Waals surface area contributed by atoms with Crippen LogP contribution in [0.25, 0.3) is 11.1 Å². The molecule has 0 radical (unpaired) electrons. The van der Waals surface area contributed by atoms with Gasteiger partial charge in [-0.25, -0.2) is 4.39 Å². The van der Waals surface area contributed by atoms with E-state index in [1.54, 1.807) is 18.2 Å². The zero-order chi connectivity index (χ0) is 23.0. The zero-order valence-electron chi connectivity index (χ0n) is 18.1. The van der Waals surface area contributed by atoms with E-state index < -0.39 is 0 Å². The van der Waals surface area contributed by atoms with Gasteiger partial charge in [0.15, 0.2) is 4.90 Å². The van der Waals surface area contributed by atoms with Crippen LogP contribution in [0.3, 0.4) is 0 Å². The van der Waals surface area contributed by atoms with Gasteiger partial charge < -0.3 is 10.1 Å². The SMILES string of the molecule is CN[SH+]c1ccc(CC(=O)Nc2ccc(-c3ccccc3)c(Oc3cccc(F)c3)c2)cc1. The second-order valence-corrected chi connectivity index (χ2v) is 8.55. The van der Waals surface area contributed by atoms with E-state index in [9.17, 15) is 9.18 Å². The summed E-state index contributed by atoms with van der Waals surface area (Å²) < 4.78 is 22.8. The molecule has 33 heavy (non-hydrogen) atoms. The van der Waals surface area contributed by atoms with Gasteiger partial charge in [-0.2, -0.15) is 0 Å². The van der Waals surface area contributed by atoms with Crippen LogP contribution in [0, 0.1) is 5.82 Å². The number of carbonyl (C=O) groups is 1. The third-order valence-electron chi connectivity index (χ3n) is 4.92. The molecule has 4 nitrogen and oxygen atoms in total. The first-order valence-corrected chi connectivity index (χ1v) is 11.4. The third-order valence-corrected chi connectivity index (χ3v) is 5.70. The molecule has 4 aromatic carbocycles. The van der Waals surface area contributed by atoms with Crippen LogP contribution in [0.5, 0.6) is 11.5 Å². The molecule has 0 saturated carbocycles. The maximum absolute atomic E-state index is 13.7. The van der Waals surface area contributed by atoms with Crippen molar-refractivity contribution in [2.24, 2.45) is 0 Å². The van der Waals surface area contributed by atoms with E-state index in [-0.39, 0.29) is 18.1 Å². The maximum Gasteiger partial charge on any atom is 0.228 e. The van der Waals surface area contributed by atoms with E-state index in [1.807, 2.05) is 73.8 Å². The molecule has 0 bridgehead atoms. The first-order valence-electron chi connectivity index (χ1n) is 10.5. The van der Waals surface area contributed by atoms with E-state index >= 15 is 0 Å². The Morgan fingerprint density at radius 3 is 2.42 bits per heavy atom. The van der Waals surface area contributed by atoms with Crippen LogP contribution in [-0.2, 0) is 23.2 Å². The zero-order valence-corrected chi connectivity index (χ0v) is 19.0. The molecule has 0 heterocycles. The molecule has 0 saturated heterocycles. The average molecular weight is 460 g/mol. The fourth-order valence-corrected chi connectivity index (χ4v) is 3.96. The average Bonchev–Trinajstić information content (AvgIpc) is 2.81. The van der Waals surface area contributed by atoms with Crippen LogP contribution in [0.4, 0.5) is 10.1 Å². The van der Waals surface area contributed by atoms with Crippen molar-refractivity contribution in [3.63, 3.8) is 0 Å². The van der Waals surface area contributed by atoms with E-state index in [2.05, 4.69) is 10.0 Å². The number of halogens is 1. The number of amides is 1. The molecule has 0 aromatic heterocycles. The minimum absolute atomic E-state index is 0.127. The van der Waals surface area contributed by atoms with Crippen molar-refractivity contribution in [1.29, 1.82) is 0 Å². The molecular weight excluding hydrogens is 435 g/mol. The van der Waals surface area contributed by atoms with Crippen molar-refractivity contribution in [3.8, 4) is 22.6 Å². The Morgan fingerprint density at radius 1 is 0.909 bits per heavy atom. The Bertz CT molecular complexity index is 1230. The normalized spacial score (nSPS) is 10.6. The minimum atomic E-state index is -0.376. The molecule has 6 heteroatoms. The van der Waals surface area contributed by atoms with Gasteiger partial charge in [-0.3, -0.25) is 4.79 Å². The van der Waals surface area contributed by atoms with Gasteiger partial charge in [0, 0.05) is 30.4 Å². The highest BCUT2D eigenvalue weighted by Gasteiger charge is 2.12. The van der Waals surface area contributed by atoms with Crippen molar-refractivity contribution >= 4 is 23.5 Å². The summed E-state index contributed by atoms with van der Waals surface area (Å²) in [6.07, 6.45) is 0.261. The van der Waals surface area contributed by atoms with Crippen molar-refractivity contribution in [1.82, 2.24) is 4.72 Å². The van der Waals surface area contributed by atoms with Crippen molar-refractivity contribution in [3.05, 3.63) is 108 Å². The second kappa shape index (κ2) is 10.8. The van der Waals surface area contributed by atoms with Gasteiger partial charge in [0.25, 0.3) is 0 Å². The summed E-state index contributed by atoms with van der Waals surface area (Å²) in [6.45, 7) is 0. The first kappa shape index (κ1) is 22.6. The van der Waals surface area contributed by atoms with Crippen LogP contribution in [0.2, 0.25) is 0 Å². The van der Waals surface area contributed by atoms with Crippen LogP contribution in [0.15, 0.2) is 102 Å². The van der Waals surface area contributed by atoms with Gasteiger partial charge in [-0.1, -0.05) is 48.5 Å². The number of thiol groups is 1. The number of benzene rings is 4. The van der Waals surface area contributed by atoms with E-state index in [0.29, 0.717) is 17.2 Å². The lowest BCUT2D eigenvalue weighted by atomic mass is 10.0. The highest BCUT2D eigenvalue weighted by atomic mass is 32.2. The predicted octanol–water partition coefficient (Wildman–Crippen LogP) is 5.77. The molecule has 2 N–H and O–H groups in total. The first-order chi connectivity index (χ1) is 16.1. The molecule has 4 aromatic rings. The highest BCUT2D eigenvalue weighted by molar-refractivity contribution is 7.76. The lowest BCUT2D eigenvalue weighted by molar-refractivity contribution is -0.115. The number of anilines is 1. The summed E-state index contributed by atoms with van der Waals surface area (Å²) in [4.78, 5) is 13.8. The summed E-state index contributed by atoms with van der Waals surface area (Å²) in [5, 5.41) is 2.94. The molecule has 1 amide bonds. The van der Waals surface area contributed by atoms with Crippen LogP contribution in [0.1, 0.15) is 5.56 Å². The molecule has 0 spiro atoms. The number of nitrogens with one attached hydrogen (secondary N) is 2. The van der Waals surface area contributed by atoms with Crippen LogP contribution >= 0.6 is 0 Å². The van der Waals surface area contributed by atoms with Crippen LogP contribution < -0.4 is 14.8 Å². The van der Waals surface area contributed by atoms with E-state index in [4.69, 9.17) is 4.74 Å². The standard InChI is InChI=1S/C27H23FN2O2S/c1-29-33-24-13-10-19(11-14-24)16-27(31)30-22-12-15-25(20-6-3-2-4-7-20)26(18-22)32-23-9-5-8-21(28)17-23/h2-15,17-18,29H,16H2,1H3,(H,30,31)/p+1. The molecule has 166 valence electrons. The van der Waals surface area contributed by atoms with Crippen molar-refractivity contribution < 1.29 is 13.9 Å². The van der Waals surface area contributed by atoms with Crippen LogP contribution in [-0.4, -0.2) is 13.0 Å². The Balaban J connectivity index is 1.55. The molecule has 0 aliphatic rings. The predicted molar refractivity (Wildman–Crippen MR) is 133 cm³/mol. The number of rotatable bonds is 8. The Kier molecular flexibility index (Phi) is 7.40. The summed E-state index contributed by atoms with van der Waals surface area (Å²) in [5.74, 6) is 0.410. The number of carbonyl (C=O) groups excluding carboxylic acids is 1. The monoisotopic (exact) mass is 459 g/mol. The largest absolute Gasteiger partial charge is 0.457 e. The Morgan fingerprint density at radius 2 is 1.70 bits per heavy atom. The molecule has 4 rings (SSSR count). The Labute approximate surface area is 196 Å². The van der Waals surface area contributed by atoms with Gasteiger partial charge >= 0.3 is 0 Å². The lowest BCUT2D eigenvalue weighted by Gasteiger charge is -2.14. The van der Waals surface area contributed by atoms with Gasteiger partial charge in [0.2, 0.25) is 5.91 Å². The minimum Gasteiger partial charge on any atom is -0.457 e. The summed E-state index contributed by atoms with van der Waals surface area (Å²) in [6, 6.07) is 29.2. The Hall–Kier alpha value is -3.61. The quantitative estimate of drug-likeness (QED) is 0.260. The fraction of sp³-hybridized carbons (Fsp3) is 0.0741. The van der Waals surface area contributed by atoms with Crippen molar-refractivity contribution in [2.75, 3.05) is 12.4 Å². The molecule has 0 atom stereocenters. The van der Waals surface area contributed by atoms with Gasteiger partial charge in [0.05, 0.1) is 18.4 Å². The van der Waals surface area contributed by atoms with E-state index in [0.717, 1.165) is 33.5 Å². The van der Waals surface area contributed by atoms with Crippen molar-refractivity contribution in [2.45, 2.75) is 11.3 Å². The molecule has 0 aliphatic heterocycles. The number of hydrogen-bond donors (Lipinski definition) is 2.